The minimum Gasteiger partial charge on any atom is -0.350 e. The van der Waals surface area contributed by atoms with E-state index in [0.717, 1.165) is 19.6 Å². The van der Waals surface area contributed by atoms with Crippen LogP contribution in [-0.4, -0.2) is 50.2 Å². The molecule has 0 aromatic heterocycles. The zero-order valence-electron chi connectivity index (χ0n) is 14.9. The lowest BCUT2D eigenvalue weighted by molar-refractivity contribution is -0.916. The maximum absolute atomic E-state index is 6.18. The molecule has 0 aromatic rings. The van der Waals surface area contributed by atoms with Gasteiger partial charge in [0.05, 0.1) is 26.7 Å². The van der Waals surface area contributed by atoms with E-state index in [-0.39, 0.29) is 6.29 Å². The van der Waals surface area contributed by atoms with E-state index in [9.17, 15) is 0 Å². The first-order valence-corrected chi connectivity index (χ1v) is 8.86. The summed E-state index contributed by atoms with van der Waals surface area (Å²) in [6.45, 7) is 13.8. The molecule has 21 heavy (non-hydrogen) atoms. The highest BCUT2D eigenvalue weighted by Gasteiger charge is 2.35. The molecular formula is C18H36NO2+. The van der Waals surface area contributed by atoms with Crippen LogP contribution in [-0.2, 0) is 9.47 Å². The molecule has 0 spiro atoms. The summed E-state index contributed by atoms with van der Waals surface area (Å²) in [4.78, 5) is 0. The molecule has 2 saturated heterocycles. The third-order valence-corrected chi connectivity index (χ3v) is 4.91. The van der Waals surface area contributed by atoms with Gasteiger partial charge in [0.15, 0.2) is 6.29 Å². The molecule has 2 aliphatic heterocycles. The molecule has 0 amide bonds. The quantitative estimate of drug-likeness (QED) is 0.718. The molecule has 124 valence electrons. The summed E-state index contributed by atoms with van der Waals surface area (Å²) in [5.41, 5.74) is 0.393. The van der Waals surface area contributed by atoms with Crippen LogP contribution in [0.5, 0.6) is 0 Å². The summed E-state index contributed by atoms with van der Waals surface area (Å²) < 4.78 is 13.3. The Balaban J connectivity index is 1.73. The second-order valence-electron chi connectivity index (χ2n) is 8.94. The molecule has 3 atom stereocenters. The number of hydrogen-bond donors (Lipinski definition) is 0. The molecule has 0 unspecified atom stereocenters. The summed E-state index contributed by atoms with van der Waals surface area (Å²) in [6.07, 6.45) is 6.75. The van der Waals surface area contributed by atoms with Gasteiger partial charge in [0.1, 0.15) is 12.6 Å². The fraction of sp³-hybridized carbons (Fsp3) is 1.00. The summed E-state index contributed by atoms with van der Waals surface area (Å²) in [5, 5.41) is 0. The lowest BCUT2D eigenvalue weighted by atomic mass is 9.84. The fourth-order valence-electron chi connectivity index (χ4n) is 4.13. The van der Waals surface area contributed by atoms with Crippen LogP contribution in [0.15, 0.2) is 0 Å². The second-order valence-corrected chi connectivity index (χ2v) is 8.94. The topological polar surface area (TPSA) is 18.5 Å². The number of hydrogen-bond acceptors (Lipinski definition) is 2. The van der Waals surface area contributed by atoms with Crippen molar-refractivity contribution in [3.05, 3.63) is 0 Å². The zero-order valence-corrected chi connectivity index (χ0v) is 14.9. The molecule has 2 fully saturated rings. The Bertz CT molecular complexity index is 318. The van der Waals surface area contributed by atoms with Gasteiger partial charge in [0.25, 0.3) is 0 Å². The third kappa shape index (κ3) is 5.88. The summed E-state index contributed by atoms with van der Waals surface area (Å²) in [5.74, 6) is 0.661. The van der Waals surface area contributed by atoms with Gasteiger partial charge in [-0.1, -0.05) is 27.7 Å². The van der Waals surface area contributed by atoms with E-state index in [4.69, 9.17) is 9.47 Å². The number of piperidine rings is 1. The van der Waals surface area contributed by atoms with Gasteiger partial charge < -0.3 is 14.0 Å². The highest BCUT2D eigenvalue weighted by atomic mass is 16.7. The summed E-state index contributed by atoms with van der Waals surface area (Å²) in [6, 6.07) is 0. The fourth-order valence-corrected chi connectivity index (χ4v) is 4.13. The molecular weight excluding hydrogens is 262 g/mol. The first-order valence-electron chi connectivity index (χ1n) is 8.86. The SMILES string of the molecule is C[C@H](C[C@@H]1OC[C@H](C[N+]2(C)CCCCC2)O1)CC(C)(C)C. The van der Waals surface area contributed by atoms with Crippen LogP contribution in [0, 0.1) is 11.3 Å². The normalized spacial score (nSPS) is 31.3. The number of nitrogens with zero attached hydrogens (tertiary/aromatic N) is 1. The van der Waals surface area contributed by atoms with Gasteiger partial charge in [-0.25, -0.2) is 0 Å². The first kappa shape index (κ1) is 17.2. The Morgan fingerprint density at radius 1 is 1.14 bits per heavy atom. The highest BCUT2D eigenvalue weighted by molar-refractivity contribution is 4.72. The molecule has 0 N–H and O–H groups in total. The summed E-state index contributed by atoms with van der Waals surface area (Å²) in [7, 11) is 2.39. The average molecular weight is 298 g/mol. The van der Waals surface area contributed by atoms with E-state index in [0.29, 0.717) is 17.4 Å². The standard InChI is InChI=1S/C18H36NO2/c1-15(12-18(2,3)4)11-17-20-14-16(21-17)13-19(5)9-7-6-8-10-19/h15-17H,6-14H2,1-5H3/q+1/t15-,16+,17-/m1/s1. The van der Waals surface area contributed by atoms with Crippen molar-refractivity contribution in [3.63, 3.8) is 0 Å². The predicted molar refractivity (Wildman–Crippen MR) is 87.1 cm³/mol. The van der Waals surface area contributed by atoms with Crippen molar-refractivity contribution in [2.24, 2.45) is 11.3 Å². The number of ether oxygens (including phenoxy) is 2. The molecule has 0 bridgehead atoms. The van der Waals surface area contributed by atoms with Crippen LogP contribution in [0.25, 0.3) is 0 Å². The molecule has 0 radical (unpaired) electrons. The molecule has 2 aliphatic rings. The molecule has 0 aromatic carbocycles. The van der Waals surface area contributed by atoms with Gasteiger partial charge in [0.2, 0.25) is 0 Å². The van der Waals surface area contributed by atoms with E-state index < -0.39 is 0 Å². The van der Waals surface area contributed by atoms with Gasteiger partial charge in [-0.05, 0) is 37.0 Å². The van der Waals surface area contributed by atoms with Crippen molar-refractivity contribution in [1.82, 2.24) is 0 Å². The van der Waals surface area contributed by atoms with Crippen molar-refractivity contribution < 1.29 is 14.0 Å². The van der Waals surface area contributed by atoms with Crippen LogP contribution in [0.4, 0.5) is 0 Å². The van der Waals surface area contributed by atoms with Crippen molar-refractivity contribution in [2.45, 2.75) is 72.2 Å². The third-order valence-electron chi connectivity index (χ3n) is 4.91. The molecule has 0 aliphatic carbocycles. The molecule has 3 nitrogen and oxygen atoms in total. The van der Waals surface area contributed by atoms with Gasteiger partial charge in [0, 0.05) is 6.42 Å². The Morgan fingerprint density at radius 3 is 2.43 bits per heavy atom. The molecule has 2 rings (SSSR count). The van der Waals surface area contributed by atoms with Crippen LogP contribution >= 0.6 is 0 Å². The van der Waals surface area contributed by atoms with Gasteiger partial charge in [-0.3, -0.25) is 0 Å². The average Bonchev–Trinajstić information content (AvgIpc) is 2.73. The smallest absolute Gasteiger partial charge is 0.158 e. The van der Waals surface area contributed by atoms with Crippen molar-refractivity contribution in [1.29, 1.82) is 0 Å². The summed E-state index contributed by atoms with van der Waals surface area (Å²) >= 11 is 0. The minimum atomic E-state index is 0.0312. The monoisotopic (exact) mass is 298 g/mol. The minimum absolute atomic E-state index is 0.0312. The predicted octanol–water partition coefficient (Wildman–Crippen LogP) is 3.82. The second kappa shape index (κ2) is 6.97. The van der Waals surface area contributed by atoms with Gasteiger partial charge in [-0.15, -0.1) is 0 Å². The number of quaternary nitrogens is 1. The lowest BCUT2D eigenvalue weighted by Gasteiger charge is -2.39. The molecule has 0 saturated carbocycles. The first-order chi connectivity index (χ1) is 9.76. The van der Waals surface area contributed by atoms with Crippen LogP contribution in [0.2, 0.25) is 0 Å². The van der Waals surface area contributed by atoms with Gasteiger partial charge >= 0.3 is 0 Å². The largest absolute Gasteiger partial charge is 0.350 e. The van der Waals surface area contributed by atoms with Crippen molar-refractivity contribution in [2.75, 3.05) is 33.3 Å². The Morgan fingerprint density at radius 2 is 1.81 bits per heavy atom. The highest BCUT2D eigenvalue weighted by Crippen LogP contribution is 2.29. The Hall–Kier alpha value is -0.120. The number of likely N-dealkylation sites (tertiary alicyclic amines) is 1. The maximum Gasteiger partial charge on any atom is 0.158 e. The number of likely N-dealkylation sites (N-methyl/N-ethyl adjacent to an activating group) is 1. The lowest BCUT2D eigenvalue weighted by Crippen LogP contribution is -2.52. The van der Waals surface area contributed by atoms with Crippen LogP contribution in [0.1, 0.15) is 59.8 Å². The Kier molecular flexibility index (Phi) is 5.72. The van der Waals surface area contributed by atoms with E-state index in [1.807, 2.05) is 0 Å². The van der Waals surface area contributed by atoms with Crippen molar-refractivity contribution in [3.8, 4) is 0 Å². The Labute approximate surface area is 131 Å². The number of rotatable bonds is 5. The van der Waals surface area contributed by atoms with E-state index >= 15 is 0 Å². The van der Waals surface area contributed by atoms with E-state index in [2.05, 4.69) is 34.7 Å². The molecule has 3 heteroatoms. The van der Waals surface area contributed by atoms with Crippen molar-refractivity contribution >= 4 is 0 Å². The zero-order chi connectivity index (χ0) is 15.5. The van der Waals surface area contributed by atoms with Gasteiger partial charge in [-0.2, -0.15) is 0 Å². The molecule has 2 heterocycles. The van der Waals surface area contributed by atoms with E-state index in [1.165, 1.54) is 43.3 Å². The maximum atomic E-state index is 6.18. The van der Waals surface area contributed by atoms with Crippen LogP contribution in [0.3, 0.4) is 0 Å². The van der Waals surface area contributed by atoms with Crippen LogP contribution < -0.4 is 0 Å². The van der Waals surface area contributed by atoms with E-state index in [1.54, 1.807) is 0 Å².